The van der Waals surface area contributed by atoms with E-state index >= 15 is 0 Å². The van der Waals surface area contributed by atoms with Crippen molar-refractivity contribution in [3.63, 3.8) is 0 Å². The summed E-state index contributed by atoms with van der Waals surface area (Å²) in [6.07, 6.45) is 1.59. The number of rotatable bonds is 10. The summed E-state index contributed by atoms with van der Waals surface area (Å²) in [6, 6.07) is -0.0342. The average molecular weight is 472 g/mol. The Hall–Kier alpha value is -2.28. The summed E-state index contributed by atoms with van der Waals surface area (Å²) in [5.41, 5.74) is 0. The largest absolute Gasteiger partial charge is 0.480 e. The van der Waals surface area contributed by atoms with Crippen molar-refractivity contribution in [2.24, 2.45) is 0 Å². The SMILES string of the molecule is CCN1CCN(CC(=O)O)CCN(CC(=O)N(CC(=O)O)C2CC2)CCN(CC(=O)O)CC1. The summed E-state index contributed by atoms with van der Waals surface area (Å²) >= 11 is 0. The Bertz CT molecular complexity index is 656. The summed E-state index contributed by atoms with van der Waals surface area (Å²) in [5.74, 6) is -3.15. The van der Waals surface area contributed by atoms with E-state index in [2.05, 4.69) is 4.90 Å². The summed E-state index contributed by atoms with van der Waals surface area (Å²) in [4.78, 5) is 55.9. The minimum Gasteiger partial charge on any atom is -0.480 e. The van der Waals surface area contributed by atoms with Gasteiger partial charge in [-0.05, 0) is 19.4 Å². The molecule has 0 aromatic heterocycles. The normalized spacial score (nSPS) is 20.5. The van der Waals surface area contributed by atoms with E-state index in [4.69, 9.17) is 5.11 Å². The van der Waals surface area contributed by atoms with Crippen LogP contribution in [0, 0.1) is 0 Å². The first-order valence-corrected chi connectivity index (χ1v) is 11.5. The molecule has 12 nitrogen and oxygen atoms in total. The third kappa shape index (κ3) is 10.5. The molecular weight excluding hydrogens is 434 g/mol. The van der Waals surface area contributed by atoms with Crippen molar-refractivity contribution in [3.05, 3.63) is 0 Å². The molecule has 1 aliphatic heterocycles. The van der Waals surface area contributed by atoms with E-state index in [0.717, 1.165) is 19.4 Å². The predicted molar refractivity (Wildman–Crippen MR) is 119 cm³/mol. The molecule has 0 unspecified atom stereocenters. The Morgan fingerprint density at radius 1 is 0.667 bits per heavy atom. The number of aliphatic carboxylic acids is 3. The zero-order valence-electron chi connectivity index (χ0n) is 19.4. The summed E-state index contributed by atoms with van der Waals surface area (Å²) < 4.78 is 0. The fourth-order valence-electron chi connectivity index (χ4n) is 3.99. The molecule has 1 heterocycles. The van der Waals surface area contributed by atoms with E-state index < -0.39 is 17.9 Å². The Morgan fingerprint density at radius 3 is 1.39 bits per heavy atom. The average Bonchev–Trinajstić information content (AvgIpc) is 3.56. The van der Waals surface area contributed by atoms with Gasteiger partial charge in [0.15, 0.2) is 0 Å². The molecule has 33 heavy (non-hydrogen) atoms. The van der Waals surface area contributed by atoms with Gasteiger partial charge >= 0.3 is 17.9 Å². The summed E-state index contributed by atoms with van der Waals surface area (Å²) in [6.45, 7) is 6.46. The van der Waals surface area contributed by atoms with Gasteiger partial charge in [0, 0.05) is 58.4 Å². The van der Waals surface area contributed by atoms with Gasteiger partial charge in [-0.3, -0.25) is 33.9 Å². The number of carbonyl (C=O) groups excluding carboxylic acids is 1. The van der Waals surface area contributed by atoms with E-state index in [1.165, 1.54) is 4.90 Å². The van der Waals surface area contributed by atoms with Crippen molar-refractivity contribution >= 4 is 23.8 Å². The van der Waals surface area contributed by atoms with Crippen LogP contribution in [0.2, 0.25) is 0 Å². The number of hydrogen-bond donors (Lipinski definition) is 3. The van der Waals surface area contributed by atoms with Gasteiger partial charge in [-0.2, -0.15) is 0 Å². The second kappa shape index (κ2) is 13.4. The molecule has 2 aliphatic rings. The lowest BCUT2D eigenvalue weighted by Crippen LogP contribution is -2.50. The monoisotopic (exact) mass is 471 g/mol. The van der Waals surface area contributed by atoms with Gasteiger partial charge in [-0.25, -0.2) is 0 Å². The lowest BCUT2D eigenvalue weighted by molar-refractivity contribution is -0.145. The smallest absolute Gasteiger partial charge is 0.323 e. The second-order valence-corrected chi connectivity index (χ2v) is 8.70. The highest BCUT2D eigenvalue weighted by Gasteiger charge is 2.34. The first kappa shape index (κ1) is 27.0. The number of carbonyl (C=O) groups is 4. The number of likely N-dealkylation sites (N-methyl/N-ethyl adjacent to an activating group) is 1. The molecule has 1 amide bonds. The fraction of sp³-hybridized carbons (Fsp3) is 0.810. The number of hydrogen-bond acceptors (Lipinski definition) is 8. The molecule has 2 fully saturated rings. The first-order valence-electron chi connectivity index (χ1n) is 11.5. The van der Waals surface area contributed by atoms with Crippen LogP contribution in [-0.4, -0.2) is 155 Å². The maximum atomic E-state index is 12.9. The van der Waals surface area contributed by atoms with Crippen LogP contribution >= 0.6 is 0 Å². The minimum atomic E-state index is -1.05. The van der Waals surface area contributed by atoms with Crippen molar-refractivity contribution in [2.75, 3.05) is 85.1 Å². The van der Waals surface area contributed by atoms with Crippen LogP contribution in [0.25, 0.3) is 0 Å². The van der Waals surface area contributed by atoms with Crippen molar-refractivity contribution in [3.8, 4) is 0 Å². The van der Waals surface area contributed by atoms with Gasteiger partial charge in [0.1, 0.15) is 6.54 Å². The van der Waals surface area contributed by atoms with Crippen LogP contribution in [-0.2, 0) is 19.2 Å². The zero-order valence-corrected chi connectivity index (χ0v) is 19.4. The molecule has 1 saturated heterocycles. The molecular formula is C21H37N5O7. The topological polar surface area (TPSA) is 145 Å². The second-order valence-electron chi connectivity index (χ2n) is 8.70. The molecule has 1 saturated carbocycles. The van der Waals surface area contributed by atoms with E-state index in [1.807, 2.05) is 21.6 Å². The van der Waals surface area contributed by atoms with Crippen LogP contribution in [0.15, 0.2) is 0 Å². The van der Waals surface area contributed by atoms with Gasteiger partial charge in [0.2, 0.25) is 5.91 Å². The Morgan fingerprint density at radius 2 is 1.06 bits per heavy atom. The van der Waals surface area contributed by atoms with E-state index in [-0.39, 0.29) is 38.1 Å². The lowest BCUT2D eigenvalue weighted by atomic mass is 10.3. The van der Waals surface area contributed by atoms with Crippen LogP contribution in [0.5, 0.6) is 0 Å². The van der Waals surface area contributed by atoms with Crippen LogP contribution < -0.4 is 0 Å². The maximum Gasteiger partial charge on any atom is 0.323 e. The minimum absolute atomic E-state index is 0.0205. The van der Waals surface area contributed by atoms with Crippen molar-refractivity contribution in [1.82, 2.24) is 24.5 Å². The van der Waals surface area contributed by atoms with Crippen LogP contribution in [0.1, 0.15) is 19.8 Å². The molecule has 2 rings (SSSR count). The molecule has 3 N–H and O–H groups in total. The fourth-order valence-corrected chi connectivity index (χ4v) is 3.99. The quantitative estimate of drug-likeness (QED) is 0.341. The molecule has 0 atom stereocenters. The Balaban J connectivity index is 2.11. The Kier molecular flexibility index (Phi) is 11.0. The highest BCUT2D eigenvalue weighted by molar-refractivity contribution is 5.83. The molecule has 188 valence electrons. The molecule has 1 aliphatic carbocycles. The zero-order chi connectivity index (χ0) is 24.4. The van der Waals surface area contributed by atoms with Crippen molar-refractivity contribution in [2.45, 2.75) is 25.8 Å². The standard InChI is InChI=1S/C21H37N5O7/c1-2-22-5-7-24(14-19(28)29)11-9-23(10-12-25(8-6-22)15-20(30)31)13-18(27)26(16-21(32)33)17-3-4-17/h17H,2-16H2,1H3,(H,28,29)(H,30,31)(H,32,33). The number of amides is 1. The highest BCUT2D eigenvalue weighted by atomic mass is 16.4. The lowest BCUT2D eigenvalue weighted by Gasteiger charge is -2.33. The Labute approximate surface area is 194 Å². The highest BCUT2D eigenvalue weighted by Crippen LogP contribution is 2.26. The molecule has 12 heteroatoms. The third-order valence-electron chi connectivity index (χ3n) is 6.07. The molecule has 0 bridgehead atoms. The van der Waals surface area contributed by atoms with Crippen molar-refractivity contribution in [1.29, 1.82) is 0 Å². The van der Waals surface area contributed by atoms with Gasteiger partial charge in [-0.1, -0.05) is 6.92 Å². The van der Waals surface area contributed by atoms with E-state index in [9.17, 15) is 29.4 Å². The molecule has 0 aromatic carbocycles. The van der Waals surface area contributed by atoms with Crippen LogP contribution in [0.3, 0.4) is 0 Å². The number of nitrogens with zero attached hydrogens (tertiary/aromatic N) is 5. The predicted octanol–water partition coefficient (Wildman–Crippen LogP) is -1.53. The number of carboxylic acid groups (broad SMARTS) is 3. The third-order valence-corrected chi connectivity index (χ3v) is 6.07. The molecule has 0 radical (unpaired) electrons. The van der Waals surface area contributed by atoms with Gasteiger partial charge in [0.05, 0.1) is 19.6 Å². The molecule has 0 spiro atoms. The van der Waals surface area contributed by atoms with Gasteiger partial charge in [-0.15, -0.1) is 0 Å². The number of carboxylic acids is 3. The van der Waals surface area contributed by atoms with E-state index in [0.29, 0.717) is 52.4 Å². The summed E-state index contributed by atoms with van der Waals surface area (Å²) in [7, 11) is 0. The summed E-state index contributed by atoms with van der Waals surface area (Å²) in [5, 5.41) is 27.7. The van der Waals surface area contributed by atoms with E-state index in [1.54, 1.807) is 0 Å². The van der Waals surface area contributed by atoms with Gasteiger partial charge in [0.25, 0.3) is 0 Å². The molecule has 0 aromatic rings. The van der Waals surface area contributed by atoms with Gasteiger partial charge < -0.3 is 25.1 Å². The van der Waals surface area contributed by atoms with Crippen molar-refractivity contribution < 1.29 is 34.5 Å². The van der Waals surface area contributed by atoms with Crippen LogP contribution in [0.4, 0.5) is 0 Å². The first-order chi connectivity index (χ1) is 15.7. The maximum absolute atomic E-state index is 12.9.